The first-order valence-electron chi connectivity index (χ1n) is 7.52. The lowest BCUT2D eigenvalue weighted by Crippen LogP contribution is -2.32. The first-order valence-corrected chi connectivity index (χ1v) is 5.06. The molecule has 13 heavy (non-hydrogen) atoms. The van der Waals surface area contributed by atoms with Crippen LogP contribution in [0.3, 0.4) is 0 Å². The first kappa shape index (κ1) is 4.31. The maximum Gasteiger partial charge on any atom is 0.361 e. The van der Waals surface area contributed by atoms with Crippen molar-refractivity contribution >= 4 is 7.60 Å². The van der Waals surface area contributed by atoms with Gasteiger partial charge in [-0.3, -0.25) is 4.57 Å². The van der Waals surface area contributed by atoms with Gasteiger partial charge in [0.1, 0.15) is 0 Å². The summed E-state index contributed by atoms with van der Waals surface area (Å²) in [7, 11) is -2.99. The highest BCUT2D eigenvalue weighted by atomic mass is 31.2. The van der Waals surface area contributed by atoms with Gasteiger partial charge in [-0.1, -0.05) is 6.37 Å². The molecule has 78 valence electrons. The van der Waals surface area contributed by atoms with E-state index in [9.17, 15) is 9.67 Å². The van der Waals surface area contributed by atoms with E-state index in [2.05, 4.69) is 9.05 Å². The zero-order valence-corrected chi connectivity index (χ0v) is 8.22. The fraction of sp³-hybridized carbons (Fsp3) is 1.00. The Labute approximate surface area is 90.0 Å². The summed E-state index contributed by atoms with van der Waals surface area (Å²) in [6.45, 7) is 0. The Balaban J connectivity index is 3.69. The van der Waals surface area contributed by atoms with Crippen LogP contribution < -0.4 is 0 Å². The topological polar surface area (TPSA) is 55.8 Å². The highest BCUT2D eigenvalue weighted by molar-refractivity contribution is 7.55. The Morgan fingerprint density at radius 3 is 2.54 bits per heavy atom. The minimum Gasteiger partial charge on any atom is -0.377 e. The Kier molecular flexibility index (Phi) is 1.36. The third-order valence-electron chi connectivity index (χ3n) is 1.68. The molecule has 1 atom stereocenters. The molecular formula is C8H17O4P. The maximum atomic E-state index is 12.4. The van der Waals surface area contributed by atoms with Crippen LogP contribution in [0.2, 0.25) is 0 Å². The third kappa shape index (κ3) is 1.96. The Morgan fingerprint density at radius 1 is 1.38 bits per heavy atom. The van der Waals surface area contributed by atoms with E-state index < -0.39 is 44.9 Å². The molecule has 1 N–H and O–H groups in total. The van der Waals surface area contributed by atoms with Crippen LogP contribution in [-0.2, 0) is 13.6 Å². The summed E-state index contributed by atoms with van der Waals surface area (Å²) in [6.07, 6.45) is -14.5. The standard InChI is InChI=1S/C8H17O4P/c1-11-13(10,12-2)8(9)6-4-3-5-7-8/h9H,3-7H2,1-2H3/i3D2,4D2,5D2,6D2. The van der Waals surface area contributed by atoms with Crippen molar-refractivity contribution in [2.75, 3.05) is 14.2 Å². The van der Waals surface area contributed by atoms with Crippen LogP contribution in [0.4, 0.5) is 0 Å². The molecule has 1 saturated carbocycles. The molecule has 1 aliphatic rings. The van der Waals surface area contributed by atoms with Crippen LogP contribution in [0, 0.1) is 0 Å². The number of hydrogen-bond acceptors (Lipinski definition) is 4. The van der Waals surface area contributed by atoms with Crippen LogP contribution in [0.5, 0.6) is 0 Å². The number of aliphatic hydroxyl groups is 1. The summed E-state index contributed by atoms with van der Waals surface area (Å²) in [4.78, 5) is 0. The molecular weight excluding hydrogens is 191 g/mol. The van der Waals surface area contributed by atoms with E-state index in [1.54, 1.807) is 0 Å². The smallest absolute Gasteiger partial charge is 0.361 e. The van der Waals surface area contributed by atoms with Crippen LogP contribution in [0.15, 0.2) is 0 Å². The Hall–Kier alpha value is 0.110. The SMILES string of the molecule is [2H]C1([2H])CC(O)(P(=O)(OC)OC)C([2H])([2H])C([2H])([2H])C1([2H])[2H]. The molecule has 0 aromatic carbocycles. The van der Waals surface area contributed by atoms with Gasteiger partial charge in [0.05, 0.1) is 0 Å². The van der Waals surface area contributed by atoms with Gasteiger partial charge in [0.2, 0.25) is 0 Å². The lowest BCUT2D eigenvalue weighted by molar-refractivity contribution is 0.0457. The van der Waals surface area contributed by atoms with Crippen molar-refractivity contribution in [3.8, 4) is 0 Å². The zero-order chi connectivity index (χ0) is 17.1. The molecule has 0 heterocycles. The molecule has 0 radical (unpaired) electrons. The van der Waals surface area contributed by atoms with Gasteiger partial charge in [-0.05, 0) is 25.5 Å². The predicted octanol–water partition coefficient (Wildman–Crippen LogP) is 2.12. The van der Waals surface area contributed by atoms with E-state index >= 15 is 0 Å². The van der Waals surface area contributed by atoms with Gasteiger partial charge in [0.15, 0.2) is 5.34 Å². The molecule has 1 unspecified atom stereocenters. The fourth-order valence-corrected chi connectivity index (χ4v) is 2.15. The average Bonchev–Trinajstić information content (AvgIpc) is 2.34. The van der Waals surface area contributed by atoms with Gasteiger partial charge in [-0.2, -0.15) is 0 Å². The summed E-state index contributed by atoms with van der Waals surface area (Å²) < 4.78 is 82.8. The van der Waals surface area contributed by atoms with Gasteiger partial charge < -0.3 is 14.2 Å². The second-order valence-electron chi connectivity index (χ2n) is 2.41. The molecule has 1 aliphatic carbocycles. The largest absolute Gasteiger partial charge is 0.377 e. The van der Waals surface area contributed by atoms with E-state index in [-0.39, 0.29) is 0 Å². The average molecular weight is 216 g/mol. The fourth-order valence-electron chi connectivity index (χ4n) is 0.929. The van der Waals surface area contributed by atoms with E-state index in [4.69, 9.17) is 11.0 Å². The lowest BCUT2D eigenvalue weighted by Gasteiger charge is -2.35. The van der Waals surface area contributed by atoms with E-state index in [1.165, 1.54) is 0 Å². The zero-order valence-electron chi connectivity index (χ0n) is 15.3. The van der Waals surface area contributed by atoms with Crippen molar-refractivity contribution in [1.29, 1.82) is 0 Å². The van der Waals surface area contributed by atoms with Crippen LogP contribution in [0.1, 0.15) is 42.9 Å². The van der Waals surface area contributed by atoms with Crippen molar-refractivity contribution in [1.82, 2.24) is 0 Å². The van der Waals surface area contributed by atoms with Crippen LogP contribution in [0.25, 0.3) is 0 Å². The molecule has 0 bridgehead atoms. The van der Waals surface area contributed by atoms with E-state index in [1.807, 2.05) is 0 Å². The van der Waals surface area contributed by atoms with Crippen molar-refractivity contribution in [3.63, 3.8) is 0 Å². The Morgan fingerprint density at radius 2 is 2.00 bits per heavy atom. The molecule has 0 aromatic heterocycles. The Bertz CT molecular complexity index is 473. The van der Waals surface area contributed by atoms with E-state index in [0.717, 1.165) is 14.2 Å². The third-order valence-corrected chi connectivity index (χ3v) is 3.82. The van der Waals surface area contributed by atoms with Gasteiger partial charge >= 0.3 is 7.60 Å². The molecule has 0 spiro atoms. The summed E-state index contributed by atoms with van der Waals surface area (Å²) in [5.74, 6) is 0. The van der Waals surface area contributed by atoms with E-state index in [0.29, 0.717) is 0 Å². The molecule has 1 rings (SSSR count). The van der Waals surface area contributed by atoms with Crippen molar-refractivity contribution in [2.45, 2.75) is 37.3 Å². The minimum absolute atomic E-state index is 0.840. The molecule has 0 saturated heterocycles. The summed E-state index contributed by atoms with van der Waals surface area (Å²) in [5.41, 5.74) is 0. The highest BCUT2D eigenvalue weighted by Crippen LogP contribution is 2.62. The minimum atomic E-state index is -4.67. The highest BCUT2D eigenvalue weighted by Gasteiger charge is 2.48. The van der Waals surface area contributed by atoms with Gasteiger partial charge in [0.25, 0.3) is 0 Å². The molecule has 0 aromatic rings. The van der Waals surface area contributed by atoms with Gasteiger partial charge in [-0.15, -0.1) is 0 Å². The normalized spacial score (nSPS) is 55.0. The second kappa shape index (κ2) is 4.09. The molecule has 1 fully saturated rings. The molecule has 0 amide bonds. The predicted molar refractivity (Wildman–Crippen MR) is 49.7 cm³/mol. The summed E-state index contributed by atoms with van der Waals surface area (Å²) in [6, 6.07) is 0. The molecule has 4 nitrogen and oxygen atoms in total. The number of hydrogen-bond donors (Lipinski definition) is 1. The van der Waals surface area contributed by atoms with Crippen molar-refractivity contribution in [3.05, 3.63) is 0 Å². The quantitative estimate of drug-likeness (QED) is 0.734. The van der Waals surface area contributed by atoms with Crippen molar-refractivity contribution < 1.29 is 29.7 Å². The van der Waals surface area contributed by atoms with Crippen LogP contribution >= 0.6 is 7.60 Å². The van der Waals surface area contributed by atoms with Gasteiger partial charge in [-0.25, -0.2) is 0 Å². The molecule has 5 heteroatoms. The maximum absolute atomic E-state index is 12.4. The lowest BCUT2D eigenvalue weighted by atomic mass is 9.97. The van der Waals surface area contributed by atoms with Gasteiger partial charge in [0, 0.05) is 25.2 Å². The van der Waals surface area contributed by atoms with Crippen LogP contribution in [-0.4, -0.2) is 24.7 Å². The van der Waals surface area contributed by atoms with Crippen molar-refractivity contribution in [2.24, 2.45) is 0 Å². The number of rotatable bonds is 3. The second-order valence-corrected chi connectivity index (χ2v) is 4.87. The molecule has 0 aliphatic heterocycles. The summed E-state index contributed by atoms with van der Waals surface area (Å²) >= 11 is 0. The summed E-state index contributed by atoms with van der Waals surface area (Å²) in [5, 5.41) is 7.29. The first-order chi connectivity index (χ1) is 9.08. The monoisotopic (exact) mass is 216 g/mol.